The third-order valence-electron chi connectivity index (χ3n) is 5.75. The van der Waals surface area contributed by atoms with Crippen molar-refractivity contribution in [3.63, 3.8) is 0 Å². The highest BCUT2D eigenvalue weighted by Gasteiger charge is 2.15. The van der Waals surface area contributed by atoms with Crippen molar-refractivity contribution in [1.82, 2.24) is 9.97 Å². The lowest BCUT2D eigenvalue weighted by Gasteiger charge is -2.13. The minimum absolute atomic E-state index is 0.133. The summed E-state index contributed by atoms with van der Waals surface area (Å²) in [7, 11) is 3.02. The molecule has 0 aliphatic carbocycles. The summed E-state index contributed by atoms with van der Waals surface area (Å²) in [6.45, 7) is -0.437. The quantitative estimate of drug-likeness (QED) is 0.264. The van der Waals surface area contributed by atoms with Crippen LogP contribution in [-0.4, -0.2) is 46.1 Å². The molecule has 0 radical (unpaired) electrons. The Balaban J connectivity index is 1.73. The number of methoxy groups -OCH3 is 1. The number of benzene rings is 3. The Kier molecular flexibility index (Phi) is 7.14. The van der Waals surface area contributed by atoms with Gasteiger partial charge in [0.15, 0.2) is 5.78 Å². The third-order valence-corrected chi connectivity index (χ3v) is 5.75. The molecule has 4 aromatic rings. The van der Waals surface area contributed by atoms with Crippen molar-refractivity contribution in [2.75, 3.05) is 19.5 Å². The summed E-state index contributed by atoms with van der Waals surface area (Å²) < 4.78 is 4.74. The summed E-state index contributed by atoms with van der Waals surface area (Å²) >= 11 is 0. The van der Waals surface area contributed by atoms with E-state index < -0.39 is 5.97 Å². The number of hydrogen-bond acceptors (Lipinski definition) is 8. The van der Waals surface area contributed by atoms with Crippen LogP contribution in [0.5, 0.6) is 0 Å². The van der Waals surface area contributed by atoms with Gasteiger partial charge in [-0.3, -0.25) is 4.79 Å². The average Bonchev–Trinajstić information content (AvgIpc) is 2.91. The minimum atomic E-state index is -0.496. The van der Waals surface area contributed by atoms with E-state index in [1.54, 1.807) is 37.4 Å². The molecule has 0 saturated carbocycles. The molecular formula is C27H25N3O5. The fraction of sp³-hybridized carbons (Fsp3) is 0.185. The Morgan fingerprint density at radius 1 is 0.914 bits per heavy atom. The number of esters is 1. The number of rotatable bonds is 8. The number of aliphatic hydroxyl groups is 2. The molecule has 0 saturated heterocycles. The SMILES string of the molecule is CNc1nc(-c2cccc(CC(=O)c3cccc(C(=O)OC)c3)c2)c2cc(CO)c(CO)cc2n1. The van der Waals surface area contributed by atoms with Crippen molar-refractivity contribution in [1.29, 1.82) is 0 Å². The smallest absolute Gasteiger partial charge is 0.337 e. The molecule has 8 nitrogen and oxygen atoms in total. The molecular weight excluding hydrogens is 446 g/mol. The first-order valence-corrected chi connectivity index (χ1v) is 11.0. The van der Waals surface area contributed by atoms with E-state index in [9.17, 15) is 19.8 Å². The zero-order valence-electron chi connectivity index (χ0n) is 19.4. The normalized spacial score (nSPS) is 10.9. The lowest BCUT2D eigenvalue weighted by Crippen LogP contribution is -2.07. The van der Waals surface area contributed by atoms with Gasteiger partial charge in [0.25, 0.3) is 0 Å². The summed E-state index contributed by atoms with van der Waals surface area (Å²) in [4.78, 5) is 33.9. The highest BCUT2D eigenvalue weighted by atomic mass is 16.5. The van der Waals surface area contributed by atoms with Crippen LogP contribution in [-0.2, 0) is 24.4 Å². The molecule has 0 unspecified atom stereocenters. The van der Waals surface area contributed by atoms with Gasteiger partial charge in [-0.2, -0.15) is 0 Å². The van der Waals surface area contributed by atoms with Gasteiger partial charge in [-0.05, 0) is 47.0 Å². The third kappa shape index (κ3) is 5.03. The Morgan fingerprint density at radius 3 is 2.34 bits per heavy atom. The molecule has 3 N–H and O–H groups in total. The molecule has 0 fully saturated rings. The Labute approximate surface area is 202 Å². The molecule has 0 atom stereocenters. The highest BCUT2D eigenvalue weighted by molar-refractivity contribution is 6.00. The van der Waals surface area contributed by atoms with Crippen LogP contribution in [0.15, 0.2) is 60.7 Å². The summed E-state index contributed by atoms with van der Waals surface area (Å²) in [6, 6.07) is 17.5. The van der Waals surface area contributed by atoms with Crippen molar-refractivity contribution in [3.05, 3.63) is 88.5 Å². The summed E-state index contributed by atoms with van der Waals surface area (Å²) in [5.74, 6) is -0.218. The van der Waals surface area contributed by atoms with E-state index in [1.165, 1.54) is 13.2 Å². The molecule has 0 aliphatic rings. The van der Waals surface area contributed by atoms with Crippen LogP contribution in [0.2, 0.25) is 0 Å². The van der Waals surface area contributed by atoms with E-state index in [0.29, 0.717) is 39.4 Å². The Morgan fingerprint density at radius 2 is 1.63 bits per heavy atom. The van der Waals surface area contributed by atoms with Gasteiger partial charge in [0.2, 0.25) is 5.95 Å². The van der Waals surface area contributed by atoms with Crippen LogP contribution >= 0.6 is 0 Å². The van der Waals surface area contributed by atoms with Crippen LogP contribution in [0.3, 0.4) is 0 Å². The molecule has 4 rings (SSSR count). The molecule has 0 bridgehead atoms. The van der Waals surface area contributed by atoms with E-state index in [1.807, 2.05) is 24.3 Å². The molecule has 0 aliphatic heterocycles. The van der Waals surface area contributed by atoms with E-state index in [0.717, 1.165) is 16.5 Å². The second-order valence-electron chi connectivity index (χ2n) is 7.97. The van der Waals surface area contributed by atoms with E-state index in [-0.39, 0.29) is 25.4 Å². The number of carbonyl (C=O) groups excluding carboxylic acids is 2. The van der Waals surface area contributed by atoms with Crippen LogP contribution in [0.4, 0.5) is 5.95 Å². The lowest BCUT2D eigenvalue weighted by molar-refractivity contribution is 0.0600. The predicted octanol–water partition coefficient (Wildman–Crippen LogP) is 3.54. The average molecular weight is 472 g/mol. The lowest BCUT2D eigenvalue weighted by atomic mass is 9.97. The van der Waals surface area contributed by atoms with E-state index >= 15 is 0 Å². The molecule has 178 valence electrons. The second-order valence-corrected chi connectivity index (χ2v) is 7.97. The number of aromatic nitrogens is 2. The Hall–Kier alpha value is -4.14. The van der Waals surface area contributed by atoms with Crippen LogP contribution < -0.4 is 5.32 Å². The fourth-order valence-electron chi connectivity index (χ4n) is 3.94. The van der Waals surface area contributed by atoms with Crippen molar-refractivity contribution in [2.45, 2.75) is 19.6 Å². The van der Waals surface area contributed by atoms with Gasteiger partial charge in [0.1, 0.15) is 0 Å². The maximum absolute atomic E-state index is 13.0. The molecule has 3 aromatic carbocycles. The predicted molar refractivity (Wildman–Crippen MR) is 132 cm³/mol. The van der Waals surface area contributed by atoms with Gasteiger partial charge in [0.05, 0.1) is 37.1 Å². The number of fused-ring (bicyclic) bond motifs is 1. The summed E-state index contributed by atoms with van der Waals surface area (Å²) in [5.41, 5.74) is 4.76. The maximum atomic E-state index is 13.0. The maximum Gasteiger partial charge on any atom is 0.337 e. The number of anilines is 1. The van der Waals surface area contributed by atoms with Gasteiger partial charge in [-0.25, -0.2) is 14.8 Å². The number of aliphatic hydroxyl groups excluding tert-OH is 2. The molecule has 8 heteroatoms. The molecule has 0 amide bonds. The first-order chi connectivity index (χ1) is 17.0. The van der Waals surface area contributed by atoms with E-state index in [2.05, 4.69) is 15.3 Å². The first kappa shape index (κ1) is 24.0. The zero-order chi connectivity index (χ0) is 24.9. The molecule has 1 aromatic heterocycles. The number of ketones is 1. The van der Waals surface area contributed by atoms with Gasteiger partial charge in [-0.1, -0.05) is 30.3 Å². The zero-order valence-corrected chi connectivity index (χ0v) is 19.4. The number of carbonyl (C=O) groups is 2. The topological polar surface area (TPSA) is 122 Å². The van der Waals surface area contributed by atoms with Gasteiger partial charge in [0, 0.05) is 30.0 Å². The molecule has 0 spiro atoms. The minimum Gasteiger partial charge on any atom is -0.465 e. The molecule has 1 heterocycles. The number of hydrogen-bond donors (Lipinski definition) is 3. The second kappa shape index (κ2) is 10.4. The van der Waals surface area contributed by atoms with Crippen molar-refractivity contribution >= 4 is 28.6 Å². The molecule has 35 heavy (non-hydrogen) atoms. The number of ether oxygens (including phenoxy) is 1. The van der Waals surface area contributed by atoms with Gasteiger partial charge >= 0.3 is 5.97 Å². The summed E-state index contributed by atoms with van der Waals surface area (Å²) in [6.07, 6.45) is 0.136. The van der Waals surface area contributed by atoms with Crippen LogP contribution in [0.25, 0.3) is 22.2 Å². The summed E-state index contributed by atoms with van der Waals surface area (Å²) in [5, 5.41) is 23.1. The van der Waals surface area contributed by atoms with Crippen LogP contribution in [0.1, 0.15) is 37.4 Å². The largest absolute Gasteiger partial charge is 0.465 e. The monoisotopic (exact) mass is 471 g/mol. The number of nitrogens with zero attached hydrogens (tertiary/aromatic N) is 2. The first-order valence-electron chi connectivity index (χ1n) is 11.0. The van der Waals surface area contributed by atoms with Gasteiger partial charge in [-0.15, -0.1) is 0 Å². The Bertz CT molecular complexity index is 1420. The number of nitrogens with one attached hydrogen (secondary N) is 1. The van der Waals surface area contributed by atoms with Crippen molar-refractivity contribution in [2.24, 2.45) is 0 Å². The standard InChI is InChI=1S/C27H25N3O5/c1-28-27-29-23-13-21(15-32)20(14-31)12-22(23)25(30-27)18-7-3-5-16(9-18)10-24(33)17-6-4-8-19(11-17)26(34)35-2/h3-9,11-13,31-32H,10,14-15H2,1-2H3,(H,28,29,30). The highest BCUT2D eigenvalue weighted by Crippen LogP contribution is 2.30. The number of Topliss-reactive ketones (excluding diaryl/α,β-unsaturated/α-hetero) is 1. The van der Waals surface area contributed by atoms with Crippen molar-refractivity contribution in [3.8, 4) is 11.3 Å². The van der Waals surface area contributed by atoms with Crippen LogP contribution in [0, 0.1) is 0 Å². The van der Waals surface area contributed by atoms with Gasteiger partial charge < -0.3 is 20.3 Å². The van der Waals surface area contributed by atoms with E-state index in [4.69, 9.17) is 4.74 Å². The van der Waals surface area contributed by atoms with Crippen molar-refractivity contribution < 1.29 is 24.5 Å². The fourth-order valence-corrected chi connectivity index (χ4v) is 3.94.